The van der Waals surface area contributed by atoms with Crippen molar-refractivity contribution in [3.05, 3.63) is 6.07 Å². The molecule has 0 spiro atoms. The van der Waals surface area contributed by atoms with Gasteiger partial charge in [0.05, 0.1) is 0 Å². The Balaban J connectivity index is 2.51. The van der Waals surface area contributed by atoms with E-state index in [1.54, 1.807) is 0 Å². The molecule has 1 rings (SSSR count). The Labute approximate surface area is 95.3 Å². The molecular weight excluding hydrogens is 206 g/mol. The zero-order chi connectivity index (χ0) is 11.8. The first kappa shape index (κ1) is 12.5. The fourth-order valence-corrected chi connectivity index (χ4v) is 1.28. The molecule has 0 aliphatic rings. The zero-order valence-corrected chi connectivity index (χ0v) is 9.53. The molecule has 6 nitrogen and oxygen atoms in total. The highest BCUT2D eigenvalue weighted by Crippen LogP contribution is 2.12. The number of nitrogens with zero attached hydrogens (tertiary/aromatic N) is 2. The van der Waals surface area contributed by atoms with Crippen LogP contribution in [-0.2, 0) is 0 Å². The Morgan fingerprint density at radius 2 is 1.94 bits per heavy atom. The molecule has 0 radical (unpaired) electrons. The van der Waals surface area contributed by atoms with Crippen LogP contribution in [0.5, 0.6) is 0 Å². The summed E-state index contributed by atoms with van der Waals surface area (Å²) in [6.45, 7) is 3.77. The first-order valence-corrected chi connectivity index (χ1v) is 5.49. The quantitative estimate of drug-likeness (QED) is 0.509. The van der Waals surface area contributed by atoms with E-state index < -0.39 is 0 Å². The lowest BCUT2D eigenvalue weighted by Gasteiger charge is -2.08. The molecule has 0 aliphatic heterocycles. The summed E-state index contributed by atoms with van der Waals surface area (Å²) in [6.07, 6.45) is 1.69. The second-order valence-electron chi connectivity index (χ2n) is 3.38. The Bertz CT molecular complexity index is 318. The van der Waals surface area contributed by atoms with Crippen molar-refractivity contribution in [2.45, 2.75) is 19.8 Å². The summed E-state index contributed by atoms with van der Waals surface area (Å²) in [6, 6.07) is 1.82. The number of unbranched alkanes of at least 4 members (excludes halogenated alkanes) is 1. The molecule has 1 aromatic heterocycles. The third kappa shape index (κ3) is 4.31. The minimum Gasteiger partial charge on any atom is -0.396 e. The van der Waals surface area contributed by atoms with Crippen LogP contribution < -0.4 is 16.4 Å². The van der Waals surface area contributed by atoms with E-state index in [1.165, 1.54) is 0 Å². The number of nitrogen functional groups attached to an aromatic ring is 1. The molecule has 0 amide bonds. The Hall–Kier alpha value is -1.56. The van der Waals surface area contributed by atoms with E-state index in [-0.39, 0.29) is 12.6 Å². The largest absolute Gasteiger partial charge is 0.396 e. The van der Waals surface area contributed by atoms with Crippen LogP contribution in [0.15, 0.2) is 6.07 Å². The lowest BCUT2D eigenvalue weighted by molar-refractivity contribution is 0.286. The average Bonchev–Trinajstić information content (AvgIpc) is 2.24. The molecule has 0 unspecified atom stereocenters. The summed E-state index contributed by atoms with van der Waals surface area (Å²) in [7, 11) is 0. The number of nitrogens with two attached hydrogens (primary N) is 1. The van der Waals surface area contributed by atoms with Crippen LogP contribution in [0, 0.1) is 0 Å². The van der Waals surface area contributed by atoms with Crippen LogP contribution in [0.2, 0.25) is 0 Å². The van der Waals surface area contributed by atoms with Crippen molar-refractivity contribution < 1.29 is 5.11 Å². The molecule has 16 heavy (non-hydrogen) atoms. The maximum absolute atomic E-state index is 8.64. The maximum atomic E-state index is 8.64. The summed E-state index contributed by atoms with van der Waals surface area (Å²) in [5.41, 5.74) is 5.58. The third-order valence-corrected chi connectivity index (χ3v) is 1.99. The van der Waals surface area contributed by atoms with E-state index in [4.69, 9.17) is 10.8 Å². The van der Waals surface area contributed by atoms with Gasteiger partial charge in [0, 0.05) is 25.8 Å². The van der Waals surface area contributed by atoms with Gasteiger partial charge in [0.15, 0.2) is 0 Å². The smallest absolute Gasteiger partial charge is 0.223 e. The van der Waals surface area contributed by atoms with Gasteiger partial charge in [-0.05, 0) is 19.8 Å². The van der Waals surface area contributed by atoms with Gasteiger partial charge >= 0.3 is 0 Å². The fourth-order valence-electron chi connectivity index (χ4n) is 1.28. The maximum Gasteiger partial charge on any atom is 0.223 e. The highest BCUT2D eigenvalue weighted by molar-refractivity contribution is 5.50. The third-order valence-electron chi connectivity index (χ3n) is 1.99. The highest BCUT2D eigenvalue weighted by Gasteiger charge is 2.00. The molecule has 0 bridgehead atoms. The van der Waals surface area contributed by atoms with Gasteiger partial charge in [0.2, 0.25) is 5.95 Å². The van der Waals surface area contributed by atoms with Crippen LogP contribution in [0.25, 0.3) is 0 Å². The first-order valence-electron chi connectivity index (χ1n) is 5.49. The second-order valence-corrected chi connectivity index (χ2v) is 3.38. The Kier molecular flexibility index (Phi) is 5.35. The molecule has 0 saturated heterocycles. The fraction of sp³-hybridized carbons (Fsp3) is 0.600. The number of aromatic nitrogens is 2. The number of aliphatic hydroxyl groups is 1. The summed E-state index contributed by atoms with van der Waals surface area (Å²) in [5.74, 6) is 1.68. The highest BCUT2D eigenvalue weighted by atomic mass is 16.2. The van der Waals surface area contributed by atoms with Gasteiger partial charge < -0.3 is 21.5 Å². The van der Waals surface area contributed by atoms with E-state index in [9.17, 15) is 0 Å². The Morgan fingerprint density at radius 1 is 1.25 bits per heavy atom. The van der Waals surface area contributed by atoms with Crippen LogP contribution in [0.3, 0.4) is 0 Å². The standard InChI is InChI=1S/C10H19N5O/c1-2-12-8-7-9(15-10(11)14-8)13-5-3-4-6-16/h7,16H,2-6H2,1H3,(H4,11,12,13,14,15). The number of rotatable bonds is 7. The molecule has 6 heteroatoms. The number of hydrogen-bond acceptors (Lipinski definition) is 6. The van der Waals surface area contributed by atoms with Gasteiger partial charge in [-0.2, -0.15) is 9.97 Å². The van der Waals surface area contributed by atoms with Gasteiger partial charge in [-0.3, -0.25) is 0 Å². The van der Waals surface area contributed by atoms with Crippen molar-refractivity contribution in [2.24, 2.45) is 0 Å². The van der Waals surface area contributed by atoms with Crippen LogP contribution in [-0.4, -0.2) is 34.8 Å². The SMILES string of the molecule is CCNc1cc(NCCCCO)nc(N)n1. The summed E-state index contributed by atoms with van der Waals surface area (Å²) in [4.78, 5) is 8.11. The predicted molar refractivity (Wildman–Crippen MR) is 65.4 cm³/mol. The van der Waals surface area contributed by atoms with Crippen molar-refractivity contribution in [1.29, 1.82) is 0 Å². The monoisotopic (exact) mass is 225 g/mol. The van der Waals surface area contributed by atoms with Crippen molar-refractivity contribution in [3.8, 4) is 0 Å². The molecule has 0 aromatic carbocycles. The van der Waals surface area contributed by atoms with Crippen molar-refractivity contribution in [1.82, 2.24) is 9.97 Å². The molecule has 1 heterocycles. The first-order chi connectivity index (χ1) is 7.76. The van der Waals surface area contributed by atoms with Crippen LogP contribution in [0.4, 0.5) is 17.6 Å². The van der Waals surface area contributed by atoms with E-state index in [1.807, 2.05) is 13.0 Å². The van der Waals surface area contributed by atoms with Gasteiger partial charge in [-0.25, -0.2) is 0 Å². The lowest BCUT2D eigenvalue weighted by Crippen LogP contribution is -2.09. The van der Waals surface area contributed by atoms with Crippen LogP contribution >= 0.6 is 0 Å². The van der Waals surface area contributed by atoms with Crippen LogP contribution in [0.1, 0.15) is 19.8 Å². The molecule has 0 aliphatic carbocycles. The minimum absolute atomic E-state index is 0.218. The van der Waals surface area contributed by atoms with Gasteiger partial charge in [0.1, 0.15) is 11.6 Å². The zero-order valence-electron chi connectivity index (χ0n) is 9.53. The lowest BCUT2D eigenvalue weighted by atomic mass is 10.3. The minimum atomic E-state index is 0.218. The normalized spacial score (nSPS) is 10.1. The van der Waals surface area contributed by atoms with Gasteiger partial charge in [-0.1, -0.05) is 0 Å². The van der Waals surface area contributed by atoms with E-state index in [0.29, 0.717) is 5.82 Å². The van der Waals surface area contributed by atoms with E-state index in [2.05, 4.69) is 20.6 Å². The summed E-state index contributed by atoms with van der Waals surface area (Å²) < 4.78 is 0. The van der Waals surface area contributed by atoms with Gasteiger partial charge in [0.25, 0.3) is 0 Å². The topological polar surface area (TPSA) is 96.1 Å². The Morgan fingerprint density at radius 3 is 2.56 bits per heavy atom. The van der Waals surface area contributed by atoms with Crippen molar-refractivity contribution in [2.75, 3.05) is 36.1 Å². The number of anilines is 3. The number of nitrogens with one attached hydrogen (secondary N) is 2. The summed E-state index contributed by atoms with van der Waals surface area (Å²) in [5, 5.41) is 14.9. The predicted octanol–water partition coefficient (Wildman–Crippen LogP) is 0.675. The molecule has 1 aromatic rings. The van der Waals surface area contributed by atoms with Gasteiger partial charge in [-0.15, -0.1) is 0 Å². The van der Waals surface area contributed by atoms with Crippen molar-refractivity contribution in [3.63, 3.8) is 0 Å². The summed E-state index contributed by atoms with van der Waals surface area (Å²) >= 11 is 0. The molecule has 0 atom stereocenters. The molecule has 90 valence electrons. The molecule has 0 fully saturated rings. The molecule has 0 saturated carbocycles. The van der Waals surface area contributed by atoms with E-state index >= 15 is 0 Å². The second kappa shape index (κ2) is 6.84. The molecule has 5 N–H and O–H groups in total. The van der Waals surface area contributed by atoms with E-state index in [0.717, 1.165) is 31.7 Å². The number of aliphatic hydroxyl groups excluding tert-OH is 1. The average molecular weight is 225 g/mol. The van der Waals surface area contributed by atoms with Crippen molar-refractivity contribution >= 4 is 17.6 Å². The molecular formula is C10H19N5O. The number of hydrogen-bond donors (Lipinski definition) is 4.